The summed E-state index contributed by atoms with van der Waals surface area (Å²) in [5.41, 5.74) is 11.9. The van der Waals surface area contributed by atoms with Crippen LogP contribution in [0.5, 0.6) is 0 Å². The smallest absolute Gasteiger partial charge is 0.268 e. The number of nitrogens with zero attached hydrogens (tertiary/aromatic N) is 6. The molecule has 4 rings (SSSR count). The van der Waals surface area contributed by atoms with E-state index in [0.717, 1.165) is 31.7 Å². The summed E-state index contributed by atoms with van der Waals surface area (Å²) in [6.45, 7) is 0. The predicted molar refractivity (Wildman–Crippen MR) is 107 cm³/mol. The van der Waals surface area contributed by atoms with Crippen molar-refractivity contribution >= 4 is 23.2 Å². The summed E-state index contributed by atoms with van der Waals surface area (Å²) in [5, 5.41) is 13.9. The molecular weight excluding hydrogens is 391 g/mol. The van der Waals surface area contributed by atoms with Gasteiger partial charge < -0.3 is 22.1 Å². The Bertz CT molecular complexity index is 1020. The normalized spacial score (nSPS) is 18.7. The maximum atomic E-state index is 14.6. The van der Waals surface area contributed by atoms with Crippen molar-refractivity contribution in [3.8, 4) is 5.95 Å². The van der Waals surface area contributed by atoms with Crippen LogP contribution in [0.1, 0.15) is 36.0 Å². The molecule has 1 saturated carbocycles. The number of pyridine rings is 1. The number of nitrogens with two attached hydrogens (primary N) is 2. The maximum absolute atomic E-state index is 14.6. The van der Waals surface area contributed by atoms with Crippen molar-refractivity contribution < 1.29 is 9.18 Å². The van der Waals surface area contributed by atoms with Gasteiger partial charge in [0.25, 0.3) is 11.9 Å². The van der Waals surface area contributed by atoms with Crippen LogP contribution in [-0.4, -0.2) is 47.9 Å². The number of hydrogen-bond acceptors (Lipinski definition) is 9. The Morgan fingerprint density at radius 3 is 2.50 bits per heavy atom. The van der Waals surface area contributed by atoms with Gasteiger partial charge in [-0.05, 0) is 18.9 Å². The number of carbonyl (C=O) groups excluding carboxylic acids is 1. The first-order chi connectivity index (χ1) is 14.5. The van der Waals surface area contributed by atoms with Gasteiger partial charge in [-0.15, -0.1) is 4.80 Å². The van der Waals surface area contributed by atoms with E-state index in [0.29, 0.717) is 5.69 Å². The van der Waals surface area contributed by atoms with E-state index in [-0.39, 0.29) is 35.2 Å². The minimum Gasteiger partial charge on any atom is -0.365 e. The van der Waals surface area contributed by atoms with Gasteiger partial charge in [-0.25, -0.2) is 19.3 Å². The second-order valence-electron chi connectivity index (χ2n) is 6.99. The van der Waals surface area contributed by atoms with Gasteiger partial charge in [0, 0.05) is 12.1 Å². The van der Waals surface area contributed by atoms with Gasteiger partial charge in [-0.3, -0.25) is 4.79 Å². The second-order valence-corrected chi connectivity index (χ2v) is 6.99. The Hall–Kier alpha value is -3.67. The van der Waals surface area contributed by atoms with E-state index in [1.54, 1.807) is 0 Å². The van der Waals surface area contributed by atoms with Crippen LogP contribution in [0.15, 0.2) is 30.9 Å². The molecule has 1 aliphatic carbocycles. The summed E-state index contributed by atoms with van der Waals surface area (Å²) in [4.78, 5) is 25.6. The van der Waals surface area contributed by atoms with E-state index < -0.39 is 11.7 Å². The fraction of sp³-hybridized carbons (Fsp3) is 0.333. The highest BCUT2D eigenvalue weighted by molar-refractivity contribution is 5.98. The molecule has 1 fully saturated rings. The molecule has 12 heteroatoms. The van der Waals surface area contributed by atoms with E-state index in [2.05, 4.69) is 35.8 Å². The Kier molecular flexibility index (Phi) is 5.48. The lowest BCUT2D eigenvalue weighted by Gasteiger charge is -2.30. The van der Waals surface area contributed by atoms with Gasteiger partial charge in [0.1, 0.15) is 5.82 Å². The molecule has 1 amide bonds. The Labute approximate surface area is 171 Å². The molecule has 1 aliphatic rings. The Morgan fingerprint density at radius 1 is 1.13 bits per heavy atom. The van der Waals surface area contributed by atoms with E-state index in [1.807, 2.05) is 0 Å². The van der Waals surface area contributed by atoms with Crippen molar-refractivity contribution in [3.05, 3.63) is 42.2 Å². The van der Waals surface area contributed by atoms with Gasteiger partial charge in [0.05, 0.1) is 36.0 Å². The number of nitrogens with one attached hydrogen (secondary N) is 2. The second kappa shape index (κ2) is 8.37. The molecule has 11 nitrogen and oxygen atoms in total. The third-order valence-electron chi connectivity index (χ3n) is 4.88. The van der Waals surface area contributed by atoms with Crippen molar-refractivity contribution in [1.82, 2.24) is 29.9 Å². The van der Waals surface area contributed by atoms with Gasteiger partial charge in [0.15, 0.2) is 11.6 Å². The van der Waals surface area contributed by atoms with Crippen molar-refractivity contribution in [1.29, 1.82) is 0 Å². The first-order valence-corrected chi connectivity index (χ1v) is 9.49. The van der Waals surface area contributed by atoms with E-state index in [4.69, 9.17) is 11.5 Å². The zero-order chi connectivity index (χ0) is 21.1. The molecule has 0 saturated heterocycles. The molecule has 6 N–H and O–H groups in total. The molecule has 3 aromatic rings. The average Bonchev–Trinajstić information content (AvgIpc) is 3.27. The standard InChI is InChI=1S/C18H21FN10O/c19-12-7-11(15(21)30)16(28-17(12)27-14-4-2-1-3-13(14)20)26-10-8-22-18(23-9-10)29-24-5-6-25-29/h5-9,13-14H,1-4,20H2,(H2,21,30)(H2,26,27,28). The van der Waals surface area contributed by atoms with Crippen LogP contribution in [0.3, 0.4) is 0 Å². The molecule has 3 heterocycles. The number of hydrogen-bond donors (Lipinski definition) is 4. The van der Waals surface area contributed by atoms with Crippen LogP contribution in [0.25, 0.3) is 5.95 Å². The predicted octanol–water partition coefficient (Wildman–Crippen LogP) is 1.12. The molecule has 2 atom stereocenters. The lowest BCUT2D eigenvalue weighted by atomic mass is 9.91. The molecule has 0 radical (unpaired) electrons. The first-order valence-electron chi connectivity index (χ1n) is 9.49. The molecule has 0 aliphatic heterocycles. The van der Waals surface area contributed by atoms with Crippen LogP contribution in [-0.2, 0) is 0 Å². The minimum absolute atomic E-state index is 0.00290. The number of amides is 1. The SMILES string of the molecule is NC(=O)c1cc(F)c(NC2CCCCC2N)nc1Nc1cnc(-n2nccn2)nc1. The monoisotopic (exact) mass is 412 g/mol. The average molecular weight is 412 g/mol. The molecule has 0 bridgehead atoms. The van der Waals surface area contributed by atoms with Crippen LogP contribution in [0.4, 0.5) is 21.7 Å². The fourth-order valence-corrected chi connectivity index (χ4v) is 3.33. The third kappa shape index (κ3) is 4.17. The summed E-state index contributed by atoms with van der Waals surface area (Å²) in [6.07, 6.45) is 9.67. The van der Waals surface area contributed by atoms with E-state index in [1.165, 1.54) is 29.6 Å². The van der Waals surface area contributed by atoms with Gasteiger partial charge in [0.2, 0.25) is 0 Å². The van der Waals surface area contributed by atoms with E-state index in [9.17, 15) is 9.18 Å². The zero-order valence-corrected chi connectivity index (χ0v) is 16.0. The molecule has 0 spiro atoms. The van der Waals surface area contributed by atoms with Crippen LogP contribution >= 0.6 is 0 Å². The molecule has 156 valence electrons. The van der Waals surface area contributed by atoms with Crippen molar-refractivity contribution in [2.24, 2.45) is 11.5 Å². The highest BCUT2D eigenvalue weighted by atomic mass is 19.1. The number of aromatic nitrogens is 6. The highest BCUT2D eigenvalue weighted by Gasteiger charge is 2.24. The number of halogens is 1. The maximum Gasteiger partial charge on any atom is 0.268 e. The summed E-state index contributed by atoms with van der Waals surface area (Å²) < 4.78 is 14.6. The van der Waals surface area contributed by atoms with Crippen molar-refractivity contribution in [2.75, 3.05) is 10.6 Å². The first kappa shape index (κ1) is 19.6. The third-order valence-corrected chi connectivity index (χ3v) is 4.88. The van der Waals surface area contributed by atoms with Gasteiger partial charge in [-0.1, -0.05) is 12.8 Å². The number of primary amides is 1. The van der Waals surface area contributed by atoms with Crippen molar-refractivity contribution in [3.63, 3.8) is 0 Å². The summed E-state index contributed by atoms with van der Waals surface area (Å²) >= 11 is 0. The van der Waals surface area contributed by atoms with Gasteiger partial charge >= 0.3 is 0 Å². The number of rotatable bonds is 6. The lowest BCUT2D eigenvalue weighted by molar-refractivity contribution is 0.100. The zero-order valence-electron chi connectivity index (χ0n) is 16.0. The van der Waals surface area contributed by atoms with Gasteiger partial charge in [-0.2, -0.15) is 10.2 Å². The largest absolute Gasteiger partial charge is 0.365 e. The Balaban J connectivity index is 1.60. The molecular formula is C18H21FN10O. The Morgan fingerprint density at radius 2 is 1.83 bits per heavy atom. The van der Waals surface area contributed by atoms with Crippen LogP contribution < -0.4 is 22.1 Å². The fourth-order valence-electron chi connectivity index (χ4n) is 3.33. The molecule has 0 aromatic carbocycles. The van der Waals surface area contributed by atoms with Crippen LogP contribution in [0, 0.1) is 5.82 Å². The summed E-state index contributed by atoms with van der Waals surface area (Å²) in [6, 6.07) is 0.860. The number of anilines is 3. The quantitative estimate of drug-likeness (QED) is 0.464. The van der Waals surface area contributed by atoms with Crippen LogP contribution in [0.2, 0.25) is 0 Å². The summed E-state index contributed by atoms with van der Waals surface area (Å²) in [7, 11) is 0. The summed E-state index contributed by atoms with van der Waals surface area (Å²) in [5.74, 6) is -1.14. The van der Waals surface area contributed by atoms with Crippen molar-refractivity contribution in [2.45, 2.75) is 37.8 Å². The molecule has 2 unspecified atom stereocenters. The lowest BCUT2D eigenvalue weighted by Crippen LogP contribution is -2.43. The highest BCUT2D eigenvalue weighted by Crippen LogP contribution is 2.26. The number of carbonyl (C=O) groups is 1. The van der Waals surface area contributed by atoms with E-state index >= 15 is 0 Å². The molecule has 3 aromatic heterocycles. The topological polar surface area (TPSA) is 163 Å². The molecule has 30 heavy (non-hydrogen) atoms. The minimum atomic E-state index is -0.817.